The maximum absolute atomic E-state index is 14.0. The van der Waals surface area contributed by atoms with Crippen molar-refractivity contribution in [1.82, 2.24) is 9.55 Å². The third-order valence-corrected chi connectivity index (χ3v) is 6.37. The summed E-state index contributed by atoms with van der Waals surface area (Å²) in [5.74, 6) is -0.880. The van der Waals surface area contributed by atoms with Gasteiger partial charge < -0.3 is 14.6 Å². The number of hydrogen-bond donors (Lipinski definition) is 1. The molecule has 0 spiro atoms. The molecule has 1 aliphatic rings. The highest BCUT2D eigenvalue weighted by atomic mass is 19.1. The Bertz CT molecular complexity index is 1370. The summed E-state index contributed by atoms with van der Waals surface area (Å²) in [7, 11) is 0. The summed E-state index contributed by atoms with van der Waals surface area (Å²) in [6.45, 7) is 7.45. The van der Waals surface area contributed by atoms with Crippen molar-refractivity contribution in [2.75, 3.05) is 11.4 Å². The molecule has 0 bridgehead atoms. The maximum Gasteiger partial charge on any atom is 0.307 e. The van der Waals surface area contributed by atoms with Crippen molar-refractivity contribution in [2.24, 2.45) is 0 Å². The highest BCUT2D eigenvalue weighted by Gasteiger charge is 2.30. The first kappa shape index (κ1) is 20.2. The van der Waals surface area contributed by atoms with Gasteiger partial charge in [0.1, 0.15) is 5.82 Å². The summed E-state index contributed by atoms with van der Waals surface area (Å²) in [5.41, 5.74) is 7.85. The van der Waals surface area contributed by atoms with Crippen LogP contribution in [0.4, 0.5) is 15.9 Å². The van der Waals surface area contributed by atoms with Crippen LogP contribution in [0.15, 0.2) is 48.5 Å². The summed E-state index contributed by atoms with van der Waals surface area (Å²) in [6, 6.07) is 15.1. The van der Waals surface area contributed by atoms with Crippen LogP contribution in [-0.4, -0.2) is 27.2 Å². The summed E-state index contributed by atoms with van der Waals surface area (Å²) < 4.78 is 16.2. The molecule has 0 atom stereocenters. The van der Waals surface area contributed by atoms with Crippen molar-refractivity contribution >= 4 is 28.4 Å². The van der Waals surface area contributed by atoms with Crippen molar-refractivity contribution < 1.29 is 14.3 Å². The zero-order chi connectivity index (χ0) is 22.6. The van der Waals surface area contributed by atoms with E-state index in [-0.39, 0.29) is 6.42 Å². The molecule has 32 heavy (non-hydrogen) atoms. The normalized spacial score (nSPS) is 13.1. The molecule has 1 N–H and O–H groups in total. The molecule has 0 saturated heterocycles. The van der Waals surface area contributed by atoms with E-state index in [1.165, 1.54) is 6.07 Å². The Labute approximate surface area is 185 Å². The molecule has 162 valence electrons. The van der Waals surface area contributed by atoms with Gasteiger partial charge in [0.2, 0.25) is 5.95 Å². The molecule has 6 heteroatoms. The average molecular weight is 429 g/mol. The minimum Gasteiger partial charge on any atom is -0.481 e. The van der Waals surface area contributed by atoms with E-state index in [1.54, 1.807) is 12.1 Å². The monoisotopic (exact) mass is 429 g/mol. The molecule has 5 nitrogen and oxygen atoms in total. The molecule has 4 aromatic rings. The smallest absolute Gasteiger partial charge is 0.307 e. The zero-order valence-electron chi connectivity index (χ0n) is 18.3. The van der Waals surface area contributed by atoms with Crippen LogP contribution < -0.4 is 4.90 Å². The fourth-order valence-electron chi connectivity index (χ4n) is 4.92. The molecule has 0 aliphatic carbocycles. The van der Waals surface area contributed by atoms with Gasteiger partial charge in [-0.05, 0) is 61.2 Å². The average Bonchev–Trinajstić information content (AvgIpc) is 3.09. The Morgan fingerprint density at radius 3 is 2.53 bits per heavy atom. The third-order valence-electron chi connectivity index (χ3n) is 6.37. The largest absolute Gasteiger partial charge is 0.481 e. The highest BCUT2D eigenvalue weighted by Crippen LogP contribution is 2.46. The van der Waals surface area contributed by atoms with Gasteiger partial charge >= 0.3 is 5.97 Å². The van der Waals surface area contributed by atoms with E-state index < -0.39 is 11.9 Å². The van der Waals surface area contributed by atoms with Crippen LogP contribution in [0.3, 0.4) is 0 Å². The van der Waals surface area contributed by atoms with Crippen LogP contribution >= 0.6 is 0 Å². The fourth-order valence-corrected chi connectivity index (χ4v) is 4.92. The number of hydrogen-bond acceptors (Lipinski definition) is 3. The number of anilines is 2. The summed E-state index contributed by atoms with van der Waals surface area (Å²) in [5, 5.41) is 10.8. The Morgan fingerprint density at radius 1 is 1.09 bits per heavy atom. The van der Waals surface area contributed by atoms with Gasteiger partial charge in [0.15, 0.2) is 0 Å². The summed E-state index contributed by atoms with van der Waals surface area (Å²) >= 11 is 0. The lowest BCUT2D eigenvalue weighted by Gasteiger charge is -2.33. The Kier molecular flexibility index (Phi) is 4.73. The molecule has 0 fully saturated rings. The highest BCUT2D eigenvalue weighted by molar-refractivity contribution is 6.08. The van der Waals surface area contributed by atoms with Crippen LogP contribution in [0.25, 0.3) is 22.0 Å². The van der Waals surface area contributed by atoms with Gasteiger partial charge in [0.05, 0.1) is 17.6 Å². The number of halogens is 1. The van der Waals surface area contributed by atoms with E-state index in [2.05, 4.69) is 34.7 Å². The first-order valence-electron chi connectivity index (χ1n) is 10.7. The van der Waals surface area contributed by atoms with Gasteiger partial charge in [-0.25, -0.2) is 4.98 Å². The predicted molar refractivity (Wildman–Crippen MR) is 124 cm³/mol. The SMILES string of the molecule is Cc1ccc(-c2c(CC(=O)O)c(C)c3c4c2cc(C)n4CCN3c2cccc(F)n2)cc1. The first-order valence-corrected chi connectivity index (χ1v) is 10.7. The lowest BCUT2D eigenvalue weighted by Crippen LogP contribution is -2.29. The Balaban J connectivity index is 1.88. The van der Waals surface area contributed by atoms with Crippen molar-refractivity contribution in [3.05, 3.63) is 76.9 Å². The lowest BCUT2D eigenvalue weighted by atomic mass is 9.88. The second-order valence-electron chi connectivity index (χ2n) is 8.43. The second-order valence-corrected chi connectivity index (χ2v) is 8.43. The molecule has 1 aliphatic heterocycles. The van der Waals surface area contributed by atoms with Crippen molar-refractivity contribution in [2.45, 2.75) is 33.7 Å². The molecule has 2 aromatic carbocycles. The lowest BCUT2D eigenvalue weighted by molar-refractivity contribution is -0.136. The number of carbonyl (C=O) groups is 1. The number of aryl methyl sites for hydroxylation is 2. The maximum atomic E-state index is 14.0. The number of nitrogens with zero attached hydrogens (tertiary/aromatic N) is 3. The Morgan fingerprint density at radius 2 is 1.84 bits per heavy atom. The fraction of sp³-hybridized carbons (Fsp3) is 0.231. The van der Waals surface area contributed by atoms with Crippen LogP contribution in [0.5, 0.6) is 0 Å². The van der Waals surface area contributed by atoms with E-state index in [4.69, 9.17) is 0 Å². The van der Waals surface area contributed by atoms with Gasteiger partial charge in [0.25, 0.3) is 0 Å². The number of aliphatic carboxylic acids is 1. The van der Waals surface area contributed by atoms with E-state index in [9.17, 15) is 14.3 Å². The predicted octanol–water partition coefficient (Wildman–Crippen LogP) is 5.55. The number of rotatable bonds is 4. The van der Waals surface area contributed by atoms with Crippen molar-refractivity contribution in [3.63, 3.8) is 0 Å². The second kappa shape index (κ2) is 7.48. The van der Waals surface area contributed by atoms with Crippen LogP contribution in [-0.2, 0) is 17.8 Å². The van der Waals surface area contributed by atoms with Gasteiger partial charge in [-0.1, -0.05) is 35.9 Å². The molecule has 0 amide bonds. The number of carboxylic acid groups (broad SMARTS) is 1. The topological polar surface area (TPSA) is 58.4 Å². The number of carboxylic acids is 1. The molecular formula is C26H24FN3O2. The molecule has 2 aromatic heterocycles. The third kappa shape index (κ3) is 3.14. The summed E-state index contributed by atoms with van der Waals surface area (Å²) in [4.78, 5) is 18.0. The van der Waals surface area contributed by atoms with E-state index in [0.29, 0.717) is 12.4 Å². The molecule has 3 heterocycles. The van der Waals surface area contributed by atoms with Crippen LogP contribution in [0, 0.1) is 26.7 Å². The molecule has 5 rings (SSSR count). The number of benzene rings is 2. The van der Waals surface area contributed by atoms with Crippen LogP contribution in [0.2, 0.25) is 0 Å². The quantitative estimate of drug-likeness (QED) is 0.432. The minimum absolute atomic E-state index is 0.0906. The van der Waals surface area contributed by atoms with Crippen molar-refractivity contribution in [3.8, 4) is 11.1 Å². The summed E-state index contributed by atoms with van der Waals surface area (Å²) in [6.07, 6.45) is -0.0906. The standard InChI is InChI=1S/C26H24FN3O2/c1-15-7-9-18(10-8-15)24-19(14-23(31)32)17(3)25-26-20(24)13-16(2)29(26)11-12-30(25)22-6-4-5-21(27)28-22/h4-10,13H,11-12,14H2,1-3H3,(H,31,32). The van der Waals surface area contributed by atoms with E-state index in [0.717, 1.165) is 56.6 Å². The van der Waals surface area contributed by atoms with Crippen molar-refractivity contribution in [1.29, 1.82) is 0 Å². The van der Waals surface area contributed by atoms with Gasteiger partial charge in [-0.3, -0.25) is 4.79 Å². The van der Waals surface area contributed by atoms with Gasteiger partial charge in [-0.15, -0.1) is 0 Å². The first-order chi connectivity index (χ1) is 15.3. The van der Waals surface area contributed by atoms with E-state index in [1.807, 2.05) is 30.9 Å². The van der Waals surface area contributed by atoms with E-state index >= 15 is 0 Å². The zero-order valence-corrected chi connectivity index (χ0v) is 18.3. The number of aromatic nitrogens is 2. The van der Waals surface area contributed by atoms with Gasteiger partial charge in [-0.2, -0.15) is 4.39 Å². The molecule has 0 radical (unpaired) electrons. The molecule has 0 saturated carbocycles. The van der Waals surface area contributed by atoms with Gasteiger partial charge in [0, 0.05) is 24.2 Å². The Hall–Kier alpha value is -3.67. The van der Waals surface area contributed by atoms with Crippen LogP contribution in [0.1, 0.15) is 22.4 Å². The number of pyridine rings is 1. The minimum atomic E-state index is -0.879. The molecule has 0 unspecified atom stereocenters. The molecular weight excluding hydrogens is 405 g/mol.